The van der Waals surface area contributed by atoms with Crippen molar-refractivity contribution in [1.82, 2.24) is 0 Å². The molecule has 0 aliphatic heterocycles. The lowest BCUT2D eigenvalue weighted by molar-refractivity contribution is 0.0840. The average Bonchev–Trinajstić information content (AvgIpc) is 2.38. The SMILES string of the molecule is CCc1ccc(OC(CN)COC)c(OC)c1. The molecule has 96 valence electrons. The quantitative estimate of drug-likeness (QED) is 0.785. The molecule has 1 rings (SSSR count). The fourth-order valence-electron chi connectivity index (χ4n) is 1.54. The van der Waals surface area contributed by atoms with Crippen molar-refractivity contribution in [1.29, 1.82) is 0 Å². The van der Waals surface area contributed by atoms with Gasteiger partial charge in [0, 0.05) is 13.7 Å². The Bertz CT molecular complexity index is 341. The molecule has 4 nitrogen and oxygen atoms in total. The lowest BCUT2D eigenvalue weighted by atomic mass is 10.1. The first-order valence-electron chi connectivity index (χ1n) is 5.77. The lowest BCUT2D eigenvalue weighted by Gasteiger charge is -2.18. The van der Waals surface area contributed by atoms with Crippen LogP contribution in [0.25, 0.3) is 0 Å². The highest BCUT2D eigenvalue weighted by Crippen LogP contribution is 2.29. The molecular formula is C13H21NO3. The predicted molar refractivity (Wildman–Crippen MR) is 67.7 cm³/mol. The van der Waals surface area contributed by atoms with Gasteiger partial charge in [0.1, 0.15) is 6.10 Å². The second-order valence-corrected chi connectivity index (χ2v) is 3.77. The van der Waals surface area contributed by atoms with Gasteiger partial charge in [-0.05, 0) is 24.1 Å². The van der Waals surface area contributed by atoms with Gasteiger partial charge in [0.05, 0.1) is 13.7 Å². The van der Waals surface area contributed by atoms with Crippen molar-refractivity contribution in [3.05, 3.63) is 23.8 Å². The minimum atomic E-state index is -0.152. The molecule has 0 aromatic heterocycles. The highest BCUT2D eigenvalue weighted by atomic mass is 16.5. The largest absolute Gasteiger partial charge is 0.493 e. The summed E-state index contributed by atoms with van der Waals surface area (Å²) in [5.74, 6) is 1.44. The zero-order valence-corrected chi connectivity index (χ0v) is 10.7. The van der Waals surface area contributed by atoms with E-state index in [4.69, 9.17) is 19.9 Å². The summed E-state index contributed by atoms with van der Waals surface area (Å²) in [4.78, 5) is 0. The number of rotatable bonds is 7. The molecule has 0 saturated carbocycles. The van der Waals surface area contributed by atoms with Crippen LogP contribution in [0.1, 0.15) is 12.5 Å². The normalized spacial score (nSPS) is 12.2. The van der Waals surface area contributed by atoms with E-state index in [2.05, 4.69) is 6.92 Å². The van der Waals surface area contributed by atoms with Crippen molar-refractivity contribution in [3.8, 4) is 11.5 Å². The number of nitrogens with two attached hydrogens (primary N) is 1. The topological polar surface area (TPSA) is 53.7 Å². The number of aryl methyl sites for hydroxylation is 1. The minimum Gasteiger partial charge on any atom is -0.493 e. The Kier molecular flexibility index (Phi) is 5.80. The summed E-state index contributed by atoms with van der Waals surface area (Å²) in [7, 11) is 3.26. The smallest absolute Gasteiger partial charge is 0.161 e. The molecule has 0 aliphatic carbocycles. The molecule has 0 aliphatic rings. The molecule has 2 N–H and O–H groups in total. The maximum atomic E-state index is 5.75. The maximum absolute atomic E-state index is 5.75. The second-order valence-electron chi connectivity index (χ2n) is 3.77. The van der Waals surface area contributed by atoms with Crippen molar-refractivity contribution in [2.45, 2.75) is 19.4 Å². The Morgan fingerprint density at radius 2 is 2.00 bits per heavy atom. The molecular weight excluding hydrogens is 218 g/mol. The van der Waals surface area contributed by atoms with Gasteiger partial charge in [-0.3, -0.25) is 0 Å². The lowest BCUT2D eigenvalue weighted by Crippen LogP contribution is -2.31. The first-order chi connectivity index (χ1) is 8.24. The van der Waals surface area contributed by atoms with Gasteiger partial charge in [-0.15, -0.1) is 0 Å². The summed E-state index contributed by atoms with van der Waals surface area (Å²) >= 11 is 0. The Balaban J connectivity index is 2.81. The van der Waals surface area contributed by atoms with Gasteiger partial charge in [0.15, 0.2) is 11.5 Å². The molecule has 0 spiro atoms. The molecule has 0 saturated heterocycles. The zero-order valence-electron chi connectivity index (χ0n) is 10.7. The Morgan fingerprint density at radius 1 is 1.24 bits per heavy atom. The van der Waals surface area contributed by atoms with Gasteiger partial charge >= 0.3 is 0 Å². The van der Waals surface area contributed by atoms with Crippen LogP contribution in [0.3, 0.4) is 0 Å². The molecule has 0 heterocycles. The molecule has 0 fully saturated rings. The van der Waals surface area contributed by atoms with Crippen LogP contribution >= 0.6 is 0 Å². The molecule has 1 atom stereocenters. The molecule has 4 heteroatoms. The molecule has 1 unspecified atom stereocenters. The highest BCUT2D eigenvalue weighted by Gasteiger charge is 2.12. The standard InChI is InChI=1S/C13H21NO3/c1-4-10-5-6-12(13(7-10)16-3)17-11(8-14)9-15-2/h5-7,11H,4,8-9,14H2,1-3H3. The molecule has 1 aromatic rings. The van der Waals surface area contributed by atoms with Gasteiger partial charge in [-0.2, -0.15) is 0 Å². The fraction of sp³-hybridized carbons (Fsp3) is 0.538. The van der Waals surface area contributed by atoms with E-state index in [9.17, 15) is 0 Å². The number of ether oxygens (including phenoxy) is 3. The minimum absolute atomic E-state index is 0.152. The van der Waals surface area contributed by atoms with Gasteiger partial charge in [-0.1, -0.05) is 13.0 Å². The number of benzene rings is 1. The van der Waals surface area contributed by atoms with Crippen LogP contribution in [-0.4, -0.2) is 33.5 Å². The van der Waals surface area contributed by atoms with Crippen LogP contribution in [0, 0.1) is 0 Å². The second kappa shape index (κ2) is 7.14. The van der Waals surface area contributed by atoms with E-state index < -0.39 is 0 Å². The summed E-state index contributed by atoms with van der Waals surface area (Å²) in [5, 5.41) is 0. The van der Waals surface area contributed by atoms with Crippen molar-refractivity contribution < 1.29 is 14.2 Å². The predicted octanol–water partition coefficient (Wildman–Crippen LogP) is 1.61. The average molecular weight is 239 g/mol. The third-order valence-electron chi connectivity index (χ3n) is 2.55. The van der Waals surface area contributed by atoms with E-state index >= 15 is 0 Å². The molecule has 0 amide bonds. The van der Waals surface area contributed by atoms with E-state index in [1.807, 2.05) is 18.2 Å². The van der Waals surface area contributed by atoms with Crippen molar-refractivity contribution in [2.75, 3.05) is 27.4 Å². The van der Waals surface area contributed by atoms with Crippen molar-refractivity contribution >= 4 is 0 Å². The van der Waals surface area contributed by atoms with Crippen LogP contribution in [-0.2, 0) is 11.2 Å². The third kappa shape index (κ3) is 3.91. The zero-order chi connectivity index (χ0) is 12.7. The summed E-state index contributed by atoms with van der Waals surface area (Å²) in [6.45, 7) is 2.98. The molecule has 0 bridgehead atoms. The van der Waals surface area contributed by atoms with E-state index in [-0.39, 0.29) is 6.10 Å². The Labute approximate surface area is 103 Å². The van der Waals surface area contributed by atoms with E-state index in [0.29, 0.717) is 18.9 Å². The van der Waals surface area contributed by atoms with Crippen LogP contribution < -0.4 is 15.2 Å². The highest BCUT2D eigenvalue weighted by molar-refractivity contribution is 5.43. The Morgan fingerprint density at radius 3 is 2.53 bits per heavy atom. The third-order valence-corrected chi connectivity index (χ3v) is 2.55. The monoisotopic (exact) mass is 239 g/mol. The first kappa shape index (κ1) is 13.8. The fourth-order valence-corrected chi connectivity index (χ4v) is 1.54. The van der Waals surface area contributed by atoms with Crippen molar-refractivity contribution in [2.24, 2.45) is 5.73 Å². The van der Waals surface area contributed by atoms with Gasteiger partial charge < -0.3 is 19.9 Å². The van der Waals surface area contributed by atoms with Gasteiger partial charge in [0.2, 0.25) is 0 Å². The summed E-state index contributed by atoms with van der Waals surface area (Å²) in [6, 6.07) is 5.92. The summed E-state index contributed by atoms with van der Waals surface area (Å²) < 4.78 is 16.1. The maximum Gasteiger partial charge on any atom is 0.161 e. The number of hydrogen-bond acceptors (Lipinski definition) is 4. The molecule has 1 aromatic carbocycles. The van der Waals surface area contributed by atoms with Crippen molar-refractivity contribution in [3.63, 3.8) is 0 Å². The van der Waals surface area contributed by atoms with Crippen LogP contribution in [0.15, 0.2) is 18.2 Å². The van der Waals surface area contributed by atoms with Crippen LogP contribution in [0.2, 0.25) is 0 Å². The van der Waals surface area contributed by atoms with E-state index in [0.717, 1.165) is 12.2 Å². The summed E-state index contributed by atoms with van der Waals surface area (Å²) in [6.07, 6.45) is 0.816. The molecule has 0 radical (unpaired) electrons. The van der Waals surface area contributed by atoms with Gasteiger partial charge in [-0.25, -0.2) is 0 Å². The number of hydrogen-bond donors (Lipinski definition) is 1. The number of methoxy groups -OCH3 is 2. The van der Waals surface area contributed by atoms with Crippen LogP contribution in [0.4, 0.5) is 0 Å². The van der Waals surface area contributed by atoms with Crippen LogP contribution in [0.5, 0.6) is 11.5 Å². The van der Waals surface area contributed by atoms with Gasteiger partial charge in [0.25, 0.3) is 0 Å². The Hall–Kier alpha value is -1.26. The summed E-state index contributed by atoms with van der Waals surface area (Å²) in [5.41, 5.74) is 6.82. The first-order valence-corrected chi connectivity index (χ1v) is 5.77. The molecule has 17 heavy (non-hydrogen) atoms. The van der Waals surface area contributed by atoms with E-state index in [1.54, 1.807) is 14.2 Å². The van der Waals surface area contributed by atoms with E-state index in [1.165, 1.54) is 5.56 Å².